The van der Waals surface area contributed by atoms with Crippen molar-refractivity contribution in [2.75, 3.05) is 6.54 Å². The number of aliphatic hydroxyl groups is 2. The lowest BCUT2D eigenvalue weighted by Gasteiger charge is -2.26. The van der Waals surface area contributed by atoms with Gasteiger partial charge in [-0.25, -0.2) is 4.79 Å². The Kier molecular flexibility index (Phi) is 5.10. The van der Waals surface area contributed by atoms with Gasteiger partial charge in [0.25, 0.3) is 0 Å². The highest BCUT2D eigenvalue weighted by atomic mass is 16.4. The molecule has 0 spiro atoms. The van der Waals surface area contributed by atoms with Crippen LogP contribution in [0.15, 0.2) is 0 Å². The van der Waals surface area contributed by atoms with E-state index in [2.05, 4.69) is 5.32 Å². The quantitative estimate of drug-likeness (QED) is 0.550. The molecule has 0 aromatic carbocycles. The van der Waals surface area contributed by atoms with Crippen LogP contribution in [0.25, 0.3) is 0 Å². The van der Waals surface area contributed by atoms with Gasteiger partial charge in [-0.1, -0.05) is 19.3 Å². The number of hydrogen-bond donors (Lipinski definition) is 4. The number of rotatable bonds is 5. The van der Waals surface area contributed by atoms with Crippen LogP contribution < -0.4 is 5.32 Å². The average Bonchev–Trinajstić information content (AvgIpc) is 2.36. The van der Waals surface area contributed by atoms with Gasteiger partial charge in [0.1, 0.15) is 6.10 Å². The smallest absolute Gasteiger partial charge is 0.337 e. The molecule has 4 N–H and O–H groups in total. The second-order valence-corrected chi connectivity index (χ2v) is 5.14. The molecular formula is C12H21NO5. The highest BCUT2D eigenvalue weighted by Gasteiger charge is 2.33. The predicted molar refractivity (Wildman–Crippen MR) is 63.9 cm³/mol. The summed E-state index contributed by atoms with van der Waals surface area (Å²) < 4.78 is 0. The van der Waals surface area contributed by atoms with Gasteiger partial charge in [0.15, 0.2) is 5.60 Å². The molecule has 1 fully saturated rings. The van der Waals surface area contributed by atoms with E-state index in [1.165, 1.54) is 0 Å². The number of carbonyl (C=O) groups is 2. The van der Waals surface area contributed by atoms with E-state index in [-0.39, 0.29) is 5.92 Å². The molecule has 104 valence electrons. The standard InChI is InChI=1S/C12H21NO5/c1-12(18,11(16)17)7-13-10(15)9(14)8-5-3-2-4-6-8/h8-9,14,18H,2-7H2,1H3,(H,13,15)(H,16,17). The summed E-state index contributed by atoms with van der Waals surface area (Å²) in [6.45, 7) is 0.688. The number of carboxylic acid groups (broad SMARTS) is 1. The second-order valence-electron chi connectivity index (χ2n) is 5.14. The molecule has 1 aliphatic carbocycles. The highest BCUT2D eigenvalue weighted by Crippen LogP contribution is 2.26. The first kappa shape index (κ1) is 14.9. The van der Waals surface area contributed by atoms with Gasteiger partial charge < -0.3 is 20.6 Å². The maximum Gasteiger partial charge on any atom is 0.337 e. The first-order valence-corrected chi connectivity index (χ1v) is 6.26. The van der Waals surface area contributed by atoms with E-state index in [9.17, 15) is 19.8 Å². The minimum Gasteiger partial charge on any atom is -0.479 e. The Morgan fingerprint density at radius 1 is 1.33 bits per heavy atom. The van der Waals surface area contributed by atoms with E-state index in [0.717, 1.165) is 39.0 Å². The van der Waals surface area contributed by atoms with Gasteiger partial charge in [-0.3, -0.25) is 4.79 Å². The zero-order valence-corrected chi connectivity index (χ0v) is 10.6. The van der Waals surface area contributed by atoms with Crippen molar-refractivity contribution < 1.29 is 24.9 Å². The second kappa shape index (κ2) is 6.15. The molecule has 6 heteroatoms. The SMILES string of the molecule is CC(O)(CNC(=O)C(O)C1CCCCC1)C(=O)O. The lowest BCUT2D eigenvalue weighted by molar-refractivity contribution is -0.156. The number of aliphatic carboxylic acids is 1. The molecule has 18 heavy (non-hydrogen) atoms. The molecule has 0 aromatic heterocycles. The van der Waals surface area contributed by atoms with Crippen molar-refractivity contribution in [1.82, 2.24) is 5.32 Å². The van der Waals surface area contributed by atoms with E-state index < -0.39 is 30.1 Å². The van der Waals surface area contributed by atoms with Crippen molar-refractivity contribution >= 4 is 11.9 Å². The van der Waals surface area contributed by atoms with E-state index in [1.807, 2.05) is 0 Å². The Balaban J connectivity index is 2.42. The Hall–Kier alpha value is -1.14. The van der Waals surface area contributed by atoms with Crippen LogP contribution in [0.4, 0.5) is 0 Å². The van der Waals surface area contributed by atoms with Crippen LogP contribution in [0.3, 0.4) is 0 Å². The normalized spacial score (nSPS) is 21.9. The zero-order valence-electron chi connectivity index (χ0n) is 10.6. The molecule has 0 bridgehead atoms. The Morgan fingerprint density at radius 2 is 1.89 bits per heavy atom. The first-order valence-electron chi connectivity index (χ1n) is 6.26. The first-order chi connectivity index (χ1) is 8.34. The van der Waals surface area contributed by atoms with Crippen LogP contribution >= 0.6 is 0 Å². The summed E-state index contributed by atoms with van der Waals surface area (Å²) in [6, 6.07) is 0. The molecule has 0 saturated heterocycles. The summed E-state index contributed by atoms with van der Waals surface area (Å²) in [5, 5.41) is 30.2. The molecule has 1 saturated carbocycles. The summed E-state index contributed by atoms with van der Waals surface area (Å²) in [5.41, 5.74) is -2.01. The number of amides is 1. The van der Waals surface area contributed by atoms with Crippen molar-refractivity contribution in [3.05, 3.63) is 0 Å². The third kappa shape index (κ3) is 3.96. The molecular weight excluding hydrogens is 238 g/mol. The molecule has 1 aliphatic rings. The van der Waals surface area contributed by atoms with Gasteiger partial charge in [0.2, 0.25) is 5.91 Å². The Labute approximate surface area is 106 Å². The number of carboxylic acids is 1. The predicted octanol–water partition coefficient (Wildman–Crippen LogP) is -0.121. The lowest BCUT2D eigenvalue weighted by atomic mass is 9.85. The molecule has 6 nitrogen and oxygen atoms in total. The maximum atomic E-state index is 11.6. The van der Waals surface area contributed by atoms with Crippen LogP contribution in [0.5, 0.6) is 0 Å². The molecule has 0 radical (unpaired) electrons. The Morgan fingerprint density at radius 3 is 2.39 bits per heavy atom. The fourth-order valence-electron chi connectivity index (χ4n) is 2.10. The van der Waals surface area contributed by atoms with Crippen molar-refractivity contribution in [3.8, 4) is 0 Å². The topological polar surface area (TPSA) is 107 Å². The third-order valence-corrected chi connectivity index (χ3v) is 3.43. The fourth-order valence-corrected chi connectivity index (χ4v) is 2.10. The van der Waals surface area contributed by atoms with E-state index >= 15 is 0 Å². The summed E-state index contributed by atoms with van der Waals surface area (Å²) in [6.07, 6.45) is 3.63. The number of hydrogen-bond acceptors (Lipinski definition) is 4. The fraction of sp³-hybridized carbons (Fsp3) is 0.833. The lowest BCUT2D eigenvalue weighted by Crippen LogP contribution is -2.50. The van der Waals surface area contributed by atoms with Crippen LogP contribution in [0.2, 0.25) is 0 Å². The molecule has 1 amide bonds. The van der Waals surface area contributed by atoms with E-state index in [1.54, 1.807) is 0 Å². The number of aliphatic hydroxyl groups excluding tert-OH is 1. The summed E-state index contributed by atoms with van der Waals surface area (Å²) in [7, 11) is 0. The summed E-state index contributed by atoms with van der Waals surface area (Å²) in [4.78, 5) is 22.3. The van der Waals surface area contributed by atoms with Gasteiger partial charge in [0.05, 0.1) is 6.54 Å². The van der Waals surface area contributed by atoms with Crippen molar-refractivity contribution in [2.45, 2.75) is 50.7 Å². The molecule has 2 atom stereocenters. The van der Waals surface area contributed by atoms with Gasteiger partial charge in [-0.2, -0.15) is 0 Å². The van der Waals surface area contributed by atoms with Gasteiger partial charge in [-0.15, -0.1) is 0 Å². The highest BCUT2D eigenvalue weighted by molar-refractivity contribution is 5.82. The molecule has 2 unspecified atom stereocenters. The largest absolute Gasteiger partial charge is 0.479 e. The molecule has 0 aliphatic heterocycles. The van der Waals surface area contributed by atoms with Crippen LogP contribution in [0, 0.1) is 5.92 Å². The summed E-state index contributed by atoms with van der Waals surface area (Å²) in [5.74, 6) is -2.08. The number of carbonyl (C=O) groups excluding carboxylic acids is 1. The monoisotopic (exact) mass is 259 g/mol. The van der Waals surface area contributed by atoms with Crippen LogP contribution in [-0.4, -0.2) is 45.4 Å². The third-order valence-electron chi connectivity index (χ3n) is 3.43. The van der Waals surface area contributed by atoms with Crippen molar-refractivity contribution in [3.63, 3.8) is 0 Å². The van der Waals surface area contributed by atoms with Gasteiger partial charge >= 0.3 is 5.97 Å². The minimum atomic E-state index is -2.01. The van der Waals surface area contributed by atoms with E-state index in [4.69, 9.17) is 5.11 Å². The molecule has 0 heterocycles. The number of nitrogens with one attached hydrogen (secondary N) is 1. The maximum absolute atomic E-state index is 11.6. The van der Waals surface area contributed by atoms with Gasteiger partial charge in [0, 0.05) is 0 Å². The van der Waals surface area contributed by atoms with Crippen molar-refractivity contribution in [1.29, 1.82) is 0 Å². The average molecular weight is 259 g/mol. The zero-order chi connectivity index (χ0) is 13.8. The molecule has 1 rings (SSSR count). The van der Waals surface area contributed by atoms with Crippen LogP contribution in [0.1, 0.15) is 39.0 Å². The molecule has 0 aromatic rings. The van der Waals surface area contributed by atoms with Crippen molar-refractivity contribution in [2.24, 2.45) is 5.92 Å². The van der Waals surface area contributed by atoms with E-state index in [0.29, 0.717) is 0 Å². The van der Waals surface area contributed by atoms with Crippen LogP contribution in [-0.2, 0) is 9.59 Å². The Bertz CT molecular complexity index is 310. The summed E-state index contributed by atoms with van der Waals surface area (Å²) >= 11 is 0. The minimum absolute atomic E-state index is 0.0615. The van der Waals surface area contributed by atoms with Gasteiger partial charge in [-0.05, 0) is 25.7 Å².